The molecule has 0 aliphatic heterocycles. The third kappa shape index (κ3) is 11.5. The van der Waals surface area contributed by atoms with Gasteiger partial charge >= 0.3 is 0 Å². The minimum atomic E-state index is -0.372. The Bertz CT molecular complexity index is 984. The standard InChI is InChI=1S/C14H18FNO3.C13H15N.C2H7N/c1-11-5-6-13(12(15)10-11)19-9-3-2-4-14(18)16-7-8-17;1-3-11-6-5-7-12(10-11)13(8-9-13)14-4-2;1-3-2/h5-6,8,10H,2-4,7,9H2,1H3,(H,16,18);1,5-7,10,14H,4,8-9H2,2H3;3H,1-2H3. The van der Waals surface area contributed by atoms with Crippen molar-refractivity contribution in [2.75, 3.05) is 33.8 Å². The first-order valence-corrected chi connectivity index (χ1v) is 12.4. The Labute approximate surface area is 215 Å². The van der Waals surface area contributed by atoms with E-state index in [0.717, 1.165) is 17.7 Å². The highest BCUT2D eigenvalue weighted by Gasteiger charge is 2.43. The van der Waals surface area contributed by atoms with Crippen LogP contribution in [0.2, 0.25) is 0 Å². The summed E-state index contributed by atoms with van der Waals surface area (Å²) in [4.78, 5) is 21.2. The van der Waals surface area contributed by atoms with E-state index in [1.165, 1.54) is 24.5 Å². The normalized spacial score (nSPS) is 12.6. The van der Waals surface area contributed by atoms with Gasteiger partial charge in [-0.15, -0.1) is 6.42 Å². The molecule has 3 rings (SSSR count). The molecule has 6 nitrogen and oxygen atoms in total. The molecule has 0 saturated heterocycles. The summed E-state index contributed by atoms with van der Waals surface area (Å²) in [6.45, 7) is 5.38. The number of carbonyl (C=O) groups excluding carboxylic acids is 2. The van der Waals surface area contributed by atoms with Crippen molar-refractivity contribution in [2.45, 2.75) is 51.5 Å². The quantitative estimate of drug-likeness (QED) is 0.248. The van der Waals surface area contributed by atoms with Crippen LogP contribution in [0.4, 0.5) is 4.39 Å². The van der Waals surface area contributed by atoms with E-state index in [1.54, 1.807) is 12.1 Å². The van der Waals surface area contributed by atoms with Gasteiger partial charge in [0.05, 0.1) is 13.2 Å². The highest BCUT2D eigenvalue weighted by Crippen LogP contribution is 2.45. The molecule has 1 saturated carbocycles. The summed E-state index contributed by atoms with van der Waals surface area (Å²) >= 11 is 0. The van der Waals surface area contributed by atoms with Gasteiger partial charge < -0.3 is 25.5 Å². The SMILES string of the molecule is C#Cc1cccc(C2(NCC)CC2)c1.CNC.Cc1ccc(OCCCCC(=O)NCC=O)c(F)c1. The summed E-state index contributed by atoms with van der Waals surface area (Å²) in [6, 6.07) is 13.1. The van der Waals surface area contributed by atoms with E-state index in [1.807, 2.05) is 33.2 Å². The van der Waals surface area contributed by atoms with E-state index in [9.17, 15) is 14.0 Å². The number of aryl methyl sites for hydroxylation is 1. The molecule has 1 aliphatic carbocycles. The predicted molar refractivity (Wildman–Crippen MR) is 144 cm³/mol. The van der Waals surface area contributed by atoms with Crippen LogP contribution in [0.5, 0.6) is 5.75 Å². The molecule has 1 fully saturated rings. The van der Waals surface area contributed by atoms with Crippen molar-refractivity contribution in [3.8, 4) is 18.1 Å². The molecule has 0 spiro atoms. The molecule has 0 atom stereocenters. The van der Waals surface area contributed by atoms with Gasteiger partial charge in [0.25, 0.3) is 0 Å². The Morgan fingerprint density at radius 3 is 2.50 bits per heavy atom. The molecular weight excluding hydrogens is 457 g/mol. The molecule has 0 heterocycles. The molecule has 7 heteroatoms. The fourth-order valence-corrected chi connectivity index (χ4v) is 3.47. The predicted octanol–water partition coefficient (Wildman–Crippen LogP) is 4.10. The van der Waals surface area contributed by atoms with Crippen molar-refractivity contribution in [3.63, 3.8) is 0 Å². The highest BCUT2D eigenvalue weighted by atomic mass is 19.1. The maximum absolute atomic E-state index is 13.4. The third-order valence-electron chi connectivity index (χ3n) is 5.37. The summed E-state index contributed by atoms with van der Waals surface area (Å²) in [6.07, 6.45) is 10.1. The first-order valence-electron chi connectivity index (χ1n) is 12.4. The zero-order valence-corrected chi connectivity index (χ0v) is 22.0. The molecule has 196 valence electrons. The van der Waals surface area contributed by atoms with Gasteiger partial charge in [-0.25, -0.2) is 4.39 Å². The van der Waals surface area contributed by atoms with Gasteiger partial charge in [-0.3, -0.25) is 4.79 Å². The molecular formula is C29H40FN3O3. The summed E-state index contributed by atoms with van der Waals surface area (Å²) in [5.41, 5.74) is 3.40. The lowest BCUT2D eigenvalue weighted by Crippen LogP contribution is -2.28. The fraction of sp³-hybridized carbons (Fsp3) is 0.448. The number of hydrogen-bond donors (Lipinski definition) is 3. The van der Waals surface area contributed by atoms with Crippen molar-refractivity contribution in [1.82, 2.24) is 16.0 Å². The van der Waals surface area contributed by atoms with Crippen LogP contribution in [0.15, 0.2) is 42.5 Å². The zero-order chi connectivity index (χ0) is 26.8. The second-order valence-electron chi connectivity index (χ2n) is 8.55. The maximum Gasteiger partial charge on any atom is 0.220 e. The molecule has 36 heavy (non-hydrogen) atoms. The van der Waals surface area contributed by atoms with E-state index < -0.39 is 0 Å². The molecule has 2 aromatic rings. The lowest BCUT2D eigenvalue weighted by Gasteiger charge is -2.16. The average Bonchev–Trinajstić information content (AvgIpc) is 3.65. The first-order chi connectivity index (χ1) is 17.3. The van der Waals surface area contributed by atoms with E-state index in [2.05, 4.69) is 40.9 Å². The van der Waals surface area contributed by atoms with Gasteiger partial charge in [0, 0.05) is 17.5 Å². The number of benzene rings is 2. The molecule has 0 bridgehead atoms. The smallest absolute Gasteiger partial charge is 0.220 e. The Balaban J connectivity index is 0.000000335. The monoisotopic (exact) mass is 497 g/mol. The van der Waals surface area contributed by atoms with Crippen LogP contribution in [-0.2, 0) is 15.1 Å². The van der Waals surface area contributed by atoms with Gasteiger partial charge in [-0.2, -0.15) is 0 Å². The van der Waals surface area contributed by atoms with E-state index in [0.29, 0.717) is 32.2 Å². The molecule has 0 unspecified atom stereocenters. The van der Waals surface area contributed by atoms with Crippen molar-refractivity contribution in [1.29, 1.82) is 0 Å². The van der Waals surface area contributed by atoms with Gasteiger partial charge in [0.1, 0.15) is 6.29 Å². The topological polar surface area (TPSA) is 79.5 Å². The summed E-state index contributed by atoms with van der Waals surface area (Å²) in [5, 5.41) is 8.73. The summed E-state index contributed by atoms with van der Waals surface area (Å²) in [5.74, 6) is 2.38. The first kappa shape index (κ1) is 30.8. The van der Waals surface area contributed by atoms with Crippen LogP contribution in [0.1, 0.15) is 55.7 Å². The van der Waals surface area contributed by atoms with Crippen molar-refractivity contribution < 1.29 is 18.7 Å². The minimum absolute atomic E-state index is 0.0455. The summed E-state index contributed by atoms with van der Waals surface area (Å²) < 4.78 is 18.7. The van der Waals surface area contributed by atoms with E-state index in [4.69, 9.17) is 11.2 Å². The van der Waals surface area contributed by atoms with Gasteiger partial charge in [0.15, 0.2) is 11.6 Å². The van der Waals surface area contributed by atoms with Gasteiger partial charge in [0.2, 0.25) is 5.91 Å². The second-order valence-corrected chi connectivity index (χ2v) is 8.55. The van der Waals surface area contributed by atoms with Crippen LogP contribution in [0.3, 0.4) is 0 Å². The number of nitrogens with one attached hydrogen (secondary N) is 3. The number of halogens is 1. The average molecular weight is 498 g/mol. The number of rotatable bonds is 11. The molecule has 2 aromatic carbocycles. The van der Waals surface area contributed by atoms with Crippen LogP contribution >= 0.6 is 0 Å². The number of carbonyl (C=O) groups is 2. The van der Waals surface area contributed by atoms with Gasteiger partial charge in [-0.1, -0.05) is 31.0 Å². The van der Waals surface area contributed by atoms with Crippen LogP contribution in [-0.4, -0.2) is 46.0 Å². The molecule has 3 N–H and O–H groups in total. The largest absolute Gasteiger partial charge is 0.491 e. The fourth-order valence-electron chi connectivity index (χ4n) is 3.47. The Morgan fingerprint density at radius 2 is 1.92 bits per heavy atom. The summed E-state index contributed by atoms with van der Waals surface area (Å²) in [7, 11) is 3.75. The van der Waals surface area contributed by atoms with Gasteiger partial charge in [-0.05, 0) is 88.6 Å². The highest BCUT2D eigenvalue weighted by molar-refractivity contribution is 5.78. The van der Waals surface area contributed by atoms with Crippen molar-refractivity contribution >= 4 is 12.2 Å². The number of ether oxygens (including phenoxy) is 1. The third-order valence-corrected chi connectivity index (χ3v) is 5.37. The van der Waals surface area contributed by atoms with Crippen LogP contribution in [0.25, 0.3) is 0 Å². The van der Waals surface area contributed by atoms with E-state index >= 15 is 0 Å². The molecule has 1 amide bonds. The van der Waals surface area contributed by atoms with Crippen LogP contribution in [0, 0.1) is 25.1 Å². The number of hydrogen-bond acceptors (Lipinski definition) is 5. The number of aldehydes is 1. The molecule has 1 aliphatic rings. The number of unbranched alkanes of at least 4 members (excludes halogenated alkanes) is 1. The Morgan fingerprint density at radius 1 is 1.19 bits per heavy atom. The lowest BCUT2D eigenvalue weighted by atomic mass is 10.0. The minimum Gasteiger partial charge on any atom is -0.491 e. The second kappa shape index (κ2) is 17.3. The van der Waals surface area contributed by atoms with Crippen molar-refractivity contribution in [3.05, 3.63) is 65.0 Å². The van der Waals surface area contributed by atoms with E-state index in [-0.39, 0.29) is 29.6 Å². The Hall–Kier alpha value is -3.21. The maximum atomic E-state index is 13.4. The molecule has 0 radical (unpaired) electrons. The number of amides is 1. The number of terminal acetylenes is 1. The van der Waals surface area contributed by atoms with Crippen LogP contribution < -0.4 is 20.7 Å². The zero-order valence-electron chi connectivity index (χ0n) is 22.0. The molecule has 0 aromatic heterocycles. The Kier molecular flexibility index (Phi) is 14.8. The van der Waals surface area contributed by atoms with Crippen molar-refractivity contribution in [2.24, 2.45) is 0 Å². The lowest BCUT2D eigenvalue weighted by molar-refractivity contribution is -0.122.